The summed E-state index contributed by atoms with van der Waals surface area (Å²) in [6.07, 6.45) is 1.80. The Balaban J connectivity index is 0.000000167. The number of nitro groups is 4. The van der Waals surface area contributed by atoms with Crippen molar-refractivity contribution in [1.29, 1.82) is 0 Å². The van der Waals surface area contributed by atoms with Gasteiger partial charge in [-0.05, 0) is 203 Å². The molecule has 140 heavy (non-hydrogen) atoms. The number of carbonyl (C=O) groups excluding carboxylic acids is 4. The second-order valence-electron chi connectivity index (χ2n) is 34.2. The lowest BCUT2D eigenvalue weighted by molar-refractivity contribution is -0.385. The van der Waals surface area contributed by atoms with Gasteiger partial charge < -0.3 is 48.1 Å². The zero-order valence-corrected chi connectivity index (χ0v) is 81.9. The van der Waals surface area contributed by atoms with Crippen LogP contribution in [0.5, 0.6) is 46.0 Å². The Kier molecular flexibility index (Phi) is 33.7. The molecule has 0 unspecified atom stereocenters. The minimum absolute atomic E-state index is 0.00339. The average molecular weight is 2000 g/mol. The quantitative estimate of drug-likeness (QED) is 0.0388. The van der Waals surface area contributed by atoms with Crippen LogP contribution in [0.25, 0.3) is 0 Å². The zero-order chi connectivity index (χ0) is 102. The number of sulfonamides is 4. The van der Waals surface area contributed by atoms with Crippen LogP contribution in [0, 0.1) is 109 Å². The third-order valence-corrected chi connectivity index (χ3v) is 31.1. The van der Waals surface area contributed by atoms with E-state index in [0.29, 0.717) is 46.1 Å². The van der Waals surface area contributed by atoms with Crippen LogP contribution < -0.4 is 18.9 Å². The molecule has 4 aliphatic rings. The number of hydrogen-bond acceptors (Lipinski definition) is 26. The van der Waals surface area contributed by atoms with Gasteiger partial charge in [-0.25, -0.2) is 33.7 Å². The third-order valence-electron chi connectivity index (χ3n) is 23.4. The number of hydrogen-bond donors (Lipinski definition) is 1. The van der Waals surface area contributed by atoms with Crippen molar-refractivity contribution in [3.63, 3.8) is 0 Å². The van der Waals surface area contributed by atoms with Crippen LogP contribution >= 0.6 is 0 Å². The van der Waals surface area contributed by atoms with Crippen molar-refractivity contribution in [3.05, 3.63) is 325 Å². The first kappa shape index (κ1) is 105. The molecule has 38 nitrogen and oxygen atoms in total. The Morgan fingerprint density at radius 3 is 0.836 bits per heavy atom. The summed E-state index contributed by atoms with van der Waals surface area (Å²) in [5.74, 6) is 1.53. The van der Waals surface area contributed by atoms with Crippen LogP contribution in [0.4, 0.5) is 22.7 Å². The van der Waals surface area contributed by atoms with E-state index in [2.05, 4.69) is 0 Å². The van der Waals surface area contributed by atoms with Gasteiger partial charge in [0.25, 0.3) is 40.5 Å². The first-order valence-electron chi connectivity index (χ1n) is 44.4. The van der Waals surface area contributed by atoms with Crippen LogP contribution in [0.1, 0.15) is 107 Å². The molecular formula is C98H106N12O26S4. The first-order chi connectivity index (χ1) is 66.3. The minimum Gasteiger partial charge on any atom is -0.459 e. The molecule has 10 aromatic carbocycles. The van der Waals surface area contributed by atoms with E-state index in [4.69, 9.17) is 23.4 Å². The molecule has 1 N–H and O–H groups in total. The van der Waals surface area contributed by atoms with E-state index in [0.717, 1.165) is 74.3 Å². The molecule has 0 aliphatic carbocycles. The molecule has 738 valence electrons. The van der Waals surface area contributed by atoms with Crippen molar-refractivity contribution in [2.75, 3.05) is 105 Å². The van der Waals surface area contributed by atoms with Crippen molar-refractivity contribution in [1.82, 2.24) is 36.8 Å². The lowest BCUT2D eigenvalue weighted by atomic mass is 10.1. The highest BCUT2D eigenvalue weighted by atomic mass is 32.2. The Morgan fingerprint density at radius 2 is 0.586 bits per heavy atom. The summed E-state index contributed by atoms with van der Waals surface area (Å²) in [6, 6.07) is 53.2. The van der Waals surface area contributed by atoms with Gasteiger partial charge in [0.15, 0.2) is 5.76 Å². The number of piperazine rings is 4. The number of ether oxygens (including phenoxy) is 4. The Labute approximate surface area is 810 Å². The summed E-state index contributed by atoms with van der Waals surface area (Å²) >= 11 is 0. The number of amides is 4. The SMILES string of the molecule is Cc1ccc(C(=O)N2CCN(S(=O)(=O)c3cc([N+](=O)[O-])ccc3Oc3cc(C)ccc3C)CC2)cc1.Cc1ccc(C)c(Oc2ccc([N+](=O)[O-])cc2S(=O)(=O)N2CCN(C(=O)CC(C)C)CC2)c1.Cc1ccc(C)c(Oc2ccc([N+](=O)[O-])cc2S(=O)(=O)N2CCN(C(=O)c3ccc(CO)cc3)CC2)c1.Cc1ccc(C)c(Oc2ccc([N+](=O)[O-])cc2S(=O)(=O)N2CCN(C(=O)c3ccco3)CC2)c1. The monoisotopic (exact) mass is 1990 g/mol. The summed E-state index contributed by atoms with van der Waals surface area (Å²) in [5.41, 5.74) is 8.16. The molecule has 4 fully saturated rings. The van der Waals surface area contributed by atoms with Gasteiger partial charge in [0.2, 0.25) is 46.0 Å². The van der Waals surface area contributed by atoms with Crippen LogP contribution in [0.3, 0.4) is 0 Å². The van der Waals surface area contributed by atoms with E-state index in [9.17, 15) is 98.4 Å². The highest BCUT2D eigenvalue weighted by Crippen LogP contribution is 2.42. The molecule has 0 radical (unpaired) electrons. The molecule has 11 aromatic rings. The number of benzene rings is 10. The number of non-ortho nitro benzene ring substituents is 4. The molecule has 4 saturated heterocycles. The smallest absolute Gasteiger partial charge is 0.289 e. The summed E-state index contributed by atoms with van der Waals surface area (Å²) < 4.78 is 142. The molecule has 0 saturated carbocycles. The second kappa shape index (κ2) is 45.1. The maximum absolute atomic E-state index is 13.6. The minimum atomic E-state index is -4.18. The van der Waals surface area contributed by atoms with Crippen molar-refractivity contribution in [3.8, 4) is 46.0 Å². The largest absolute Gasteiger partial charge is 0.459 e. The summed E-state index contributed by atoms with van der Waals surface area (Å²) in [6.45, 7) is 22.6. The number of rotatable bonds is 26. The molecule has 0 spiro atoms. The topological polar surface area (TPSA) is 474 Å². The molecular weight excluding hydrogens is 1890 g/mol. The summed E-state index contributed by atoms with van der Waals surface area (Å²) in [7, 11) is -16.6. The van der Waals surface area contributed by atoms with Gasteiger partial charge >= 0.3 is 0 Å². The van der Waals surface area contributed by atoms with Crippen LogP contribution in [-0.2, 0) is 51.5 Å². The number of carbonyl (C=O) groups is 4. The zero-order valence-electron chi connectivity index (χ0n) is 78.7. The molecule has 5 heterocycles. The molecule has 0 atom stereocenters. The molecule has 42 heteroatoms. The fourth-order valence-corrected chi connectivity index (χ4v) is 21.5. The van der Waals surface area contributed by atoms with E-state index in [-0.39, 0.29) is 212 Å². The van der Waals surface area contributed by atoms with Crippen molar-refractivity contribution in [2.24, 2.45) is 5.92 Å². The Bertz CT molecular complexity index is 6980. The lowest BCUT2D eigenvalue weighted by Gasteiger charge is -2.34. The van der Waals surface area contributed by atoms with Gasteiger partial charge in [-0.15, -0.1) is 0 Å². The number of aliphatic hydroxyl groups is 1. The van der Waals surface area contributed by atoms with E-state index >= 15 is 0 Å². The average Bonchev–Trinajstić information content (AvgIpc) is 1.29. The molecule has 0 bridgehead atoms. The fraction of sp³-hybridized carbons (Fsp3) is 0.306. The van der Waals surface area contributed by atoms with Gasteiger partial charge in [0.05, 0.1) is 32.6 Å². The number of aliphatic hydroxyl groups excluding tert-OH is 1. The highest BCUT2D eigenvalue weighted by molar-refractivity contribution is 7.90. The molecule has 1 aromatic heterocycles. The van der Waals surface area contributed by atoms with Gasteiger partial charge in [-0.1, -0.05) is 92.2 Å². The standard InChI is InChI=1S/C26H27N3O7S.C26H27N3O6S.C23H23N3O7S.C23H29N3O6S/c1-18-3-4-19(2)24(15-18)36-23-10-9-22(29(32)33)16-25(23)37(34,35)28-13-11-27(12-14-28)26(31)21-7-5-20(17-30)6-8-21;1-18-5-8-21(9-6-18)26(30)27-12-14-28(15-13-27)36(33,34)25-17-22(29(31)32)10-11-23(25)35-24-16-19(2)4-7-20(24)3;1-16-5-6-17(2)21(14-16)33-19-8-7-18(26(28)29)15-22(19)34(30,31)25-11-9-24(10-12-25)23(27)20-4-3-13-32-20;1-16(2)13-23(27)24-9-11-25(12-10-24)33(30,31)22-15-19(26(28)29)7-8-20(22)32-21-14-17(3)5-6-18(21)4/h3-10,15-16,30H,11-14,17H2,1-2H3;4-11,16-17H,12-15H2,1-3H3;3-8,13-15H,9-12H2,1-2H3;5-8,14-16H,9-13H2,1-4H3. The van der Waals surface area contributed by atoms with E-state index in [1.165, 1.54) is 76.9 Å². The molecule has 4 aliphatic heterocycles. The van der Waals surface area contributed by atoms with Gasteiger partial charge in [0.1, 0.15) is 65.6 Å². The highest BCUT2D eigenvalue weighted by Gasteiger charge is 2.40. The number of nitro benzene ring substituents is 4. The number of nitrogens with zero attached hydrogens (tertiary/aromatic N) is 12. The summed E-state index contributed by atoms with van der Waals surface area (Å²) in [5, 5.41) is 54.7. The van der Waals surface area contributed by atoms with Crippen molar-refractivity contribution >= 4 is 86.5 Å². The molecule has 15 rings (SSSR count). The maximum Gasteiger partial charge on any atom is 0.289 e. The Morgan fingerprint density at radius 1 is 0.329 bits per heavy atom. The van der Waals surface area contributed by atoms with Gasteiger partial charge in [-0.2, -0.15) is 17.2 Å². The van der Waals surface area contributed by atoms with Crippen LogP contribution in [0.15, 0.2) is 237 Å². The predicted octanol–water partition coefficient (Wildman–Crippen LogP) is 15.7. The normalized spacial score (nSPS) is 14.6. The van der Waals surface area contributed by atoms with Gasteiger partial charge in [-0.3, -0.25) is 59.6 Å². The van der Waals surface area contributed by atoms with Crippen molar-refractivity contribution in [2.45, 2.75) is 109 Å². The third kappa shape index (κ3) is 25.4. The first-order valence-corrected chi connectivity index (χ1v) is 50.2. The van der Waals surface area contributed by atoms with E-state index in [1.807, 2.05) is 137 Å². The Hall–Kier alpha value is -14.2. The van der Waals surface area contributed by atoms with Crippen LogP contribution in [0.2, 0.25) is 0 Å². The number of furan rings is 1. The predicted molar refractivity (Wildman–Crippen MR) is 517 cm³/mol. The van der Waals surface area contributed by atoms with Crippen molar-refractivity contribution < 1.29 is 101 Å². The fourth-order valence-electron chi connectivity index (χ4n) is 15.3. The van der Waals surface area contributed by atoms with Gasteiger partial charge in [0, 0.05) is 171 Å². The number of aryl methyl sites for hydroxylation is 9. The maximum atomic E-state index is 13.6. The van der Waals surface area contributed by atoms with Crippen LogP contribution in [-0.4, -0.2) is 224 Å². The van der Waals surface area contributed by atoms with E-state index in [1.54, 1.807) is 87.5 Å². The van der Waals surface area contributed by atoms with E-state index < -0.39 is 59.8 Å². The second-order valence-corrected chi connectivity index (χ2v) is 41.8. The summed E-state index contributed by atoms with van der Waals surface area (Å²) in [4.78, 5) is 98.7. The molecule has 4 amide bonds. The lowest BCUT2D eigenvalue weighted by Crippen LogP contribution is -2.50.